The zero-order valence-electron chi connectivity index (χ0n) is 15.6. The molecule has 1 atom stereocenters. The molecule has 28 heavy (non-hydrogen) atoms. The van der Waals surface area contributed by atoms with Crippen LogP contribution < -0.4 is 14.8 Å². The maximum absolute atomic E-state index is 14.0. The van der Waals surface area contributed by atoms with Crippen molar-refractivity contribution in [2.75, 3.05) is 12.4 Å². The van der Waals surface area contributed by atoms with Crippen LogP contribution in [-0.2, 0) is 18.4 Å². The molecular formula is C21H20FN3O3. The van der Waals surface area contributed by atoms with Gasteiger partial charge in [-0.05, 0) is 12.1 Å². The maximum Gasteiger partial charge on any atom is 0.226 e. The van der Waals surface area contributed by atoms with Crippen LogP contribution in [0.4, 0.5) is 10.2 Å². The highest BCUT2D eigenvalue weighted by Crippen LogP contribution is 2.44. The first-order valence-electron chi connectivity index (χ1n) is 8.93. The SMILES string of the molecule is COc1cccc(C2CC(=O)Nc3c2cnn3C)c1OCc1ccccc1F. The summed E-state index contributed by atoms with van der Waals surface area (Å²) in [6.45, 7) is 0.0544. The number of carbonyl (C=O) groups excluding carboxylic acids is 1. The lowest BCUT2D eigenvalue weighted by molar-refractivity contribution is -0.116. The molecule has 0 fully saturated rings. The minimum atomic E-state index is -0.328. The Balaban J connectivity index is 1.74. The largest absolute Gasteiger partial charge is 0.493 e. The number of rotatable bonds is 5. The molecule has 1 aliphatic rings. The molecule has 0 saturated heterocycles. The molecule has 0 radical (unpaired) electrons. The molecule has 1 aliphatic heterocycles. The summed E-state index contributed by atoms with van der Waals surface area (Å²) in [7, 11) is 3.33. The summed E-state index contributed by atoms with van der Waals surface area (Å²) in [6.07, 6.45) is 2.02. The van der Waals surface area contributed by atoms with Crippen LogP contribution in [-0.4, -0.2) is 22.8 Å². The Hall–Kier alpha value is -3.35. The van der Waals surface area contributed by atoms with E-state index in [1.807, 2.05) is 12.1 Å². The molecule has 3 aromatic rings. The molecule has 7 heteroatoms. The fraction of sp³-hybridized carbons (Fsp3) is 0.238. The summed E-state index contributed by atoms with van der Waals surface area (Å²) in [6, 6.07) is 12.0. The van der Waals surface area contributed by atoms with Crippen LogP contribution in [0, 0.1) is 5.82 Å². The number of carbonyl (C=O) groups is 1. The van der Waals surface area contributed by atoms with E-state index in [9.17, 15) is 9.18 Å². The van der Waals surface area contributed by atoms with Crippen LogP contribution in [0.5, 0.6) is 11.5 Å². The van der Waals surface area contributed by atoms with Crippen molar-refractivity contribution in [2.45, 2.75) is 18.9 Å². The van der Waals surface area contributed by atoms with Crippen LogP contribution in [0.3, 0.4) is 0 Å². The van der Waals surface area contributed by atoms with Crippen molar-refractivity contribution in [3.05, 3.63) is 71.2 Å². The van der Waals surface area contributed by atoms with Gasteiger partial charge in [-0.25, -0.2) is 4.39 Å². The summed E-state index contributed by atoms with van der Waals surface area (Å²) < 4.78 is 27.1. The third-order valence-corrected chi connectivity index (χ3v) is 4.92. The van der Waals surface area contributed by atoms with Crippen molar-refractivity contribution >= 4 is 11.7 Å². The molecule has 1 N–H and O–H groups in total. The topological polar surface area (TPSA) is 65.4 Å². The number of amides is 1. The van der Waals surface area contributed by atoms with Crippen LogP contribution in [0.25, 0.3) is 0 Å². The van der Waals surface area contributed by atoms with Crippen LogP contribution in [0.2, 0.25) is 0 Å². The Labute approximate surface area is 161 Å². The molecule has 2 aromatic carbocycles. The van der Waals surface area contributed by atoms with Crippen molar-refractivity contribution in [1.82, 2.24) is 9.78 Å². The number of hydrogen-bond acceptors (Lipinski definition) is 4. The fourth-order valence-electron chi connectivity index (χ4n) is 3.51. The molecule has 1 amide bonds. The predicted octanol–water partition coefficient (Wildman–Crippen LogP) is 3.62. The van der Waals surface area contributed by atoms with Gasteiger partial charge in [-0.15, -0.1) is 0 Å². The number of nitrogens with one attached hydrogen (secondary N) is 1. The van der Waals surface area contributed by atoms with E-state index in [1.165, 1.54) is 6.07 Å². The molecule has 6 nitrogen and oxygen atoms in total. The van der Waals surface area contributed by atoms with Crippen LogP contribution in [0.15, 0.2) is 48.7 Å². The minimum absolute atomic E-state index is 0.0544. The number of nitrogens with zero attached hydrogens (tertiary/aromatic N) is 2. The standard InChI is InChI=1S/C21H20FN3O3/c1-25-21-16(11-23-25)15(10-19(26)24-21)14-7-5-9-18(27-2)20(14)28-12-13-6-3-4-8-17(13)22/h3-9,11,15H,10,12H2,1-2H3,(H,24,26). The first-order valence-corrected chi connectivity index (χ1v) is 8.93. The highest BCUT2D eigenvalue weighted by Gasteiger charge is 2.32. The number of anilines is 1. The number of hydrogen-bond donors (Lipinski definition) is 1. The second-order valence-electron chi connectivity index (χ2n) is 6.64. The van der Waals surface area contributed by atoms with Gasteiger partial charge < -0.3 is 14.8 Å². The third kappa shape index (κ3) is 3.19. The van der Waals surface area contributed by atoms with Gasteiger partial charge >= 0.3 is 0 Å². The molecule has 2 heterocycles. The average Bonchev–Trinajstić information content (AvgIpc) is 3.07. The van der Waals surface area contributed by atoms with Gasteiger partial charge in [0.1, 0.15) is 18.2 Å². The van der Waals surface area contributed by atoms with E-state index < -0.39 is 0 Å². The van der Waals surface area contributed by atoms with Gasteiger partial charge in [-0.2, -0.15) is 5.10 Å². The zero-order chi connectivity index (χ0) is 19.7. The molecule has 0 saturated carbocycles. The Morgan fingerprint density at radius 3 is 2.82 bits per heavy atom. The third-order valence-electron chi connectivity index (χ3n) is 4.92. The van der Waals surface area contributed by atoms with Crippen LogP contribution >= 0.6 is 0 Å². The van der Waals surface area contributed by atoms with Gasteiger partial charge in [0, 0.05) is 36.1 Å². The normalized spacial score (nSPS) is 15.7. The van der Waals surface area contributed by atoms with Gasteiger partial charge in [-0.1, -0.05) is 30.3 Å². The Bertz CT molecular complexity index is 1030. The number of aryl methyl sites for hydroxylation is 1. The molecule has 0 aliphatic carbocycles. The Morgan fingerprint density at radius 1 is 1.21 bits per heavy atom. The van der Waals surface area contributed by atoms with Gasteiger partial charge in [0.2, 0.25) is 5.91 Å². The quantitative estimate of drug-likeness (QED) is 0.733. The maximum atomic E-state index is 14.0. The van der Waals surface area contributed by atoms with Crippen molar-refractivity contribution in [3.63, 3.8) is 0 Å². The second kappa shape index (κ2) is 7.34. The summed E-state index contributed by atoms with van der Waals surface area (Å²) in [4.78, 5) is 12.3. The van der Waals surface area contributed by atoms with E-state index in [4.69, 9.17) is 9.47 Å². The van der Waals surface area contributed by atoms with E-state index in [-0.39, 0.29) is 30.7 Å². The van der Waals surface area contributed by atoms with Gasteiger partial charge in [0.25, 0.3) is 0 Å². The van der Waals surface area contributed by atoms with Gasteiger partial charge in [0.05, 0.1) is 13.3 Å². The van der Waals surface area contributed by atoms with E-state index >= 15 is 0 Å². The van der Waals surface area contributed by atoms with Crippen molar-refractivity contribution in [1.29, 1.82) is 0 Å². The summed E-state index contributed by atoms with van der Waals surface area (Å²) in [5.41, 5.74) is 2.16. The van der Waals surface area contributed by atoms with Crippen molar-refractivity contribution < 1.29 is 18.7 Å². The molecular weight excluding hydrogens is 361 g/mol. The summed E-state index contributed by atoms with van der Waals surface area (Å²) in [5, 5.41) is 7.13. The molecule has 144 valence electrons. The average molecular weight is 381 g/mol. The van der Waals surface area contributed by atoms with E-state index in [0.29, 0.717) is 22.9 Å². The lowest BCUT2D eigenvalue weighted by Gasteiger charge is -2.26. The monoisotopic (exact) mass is 381 g/mol. The lowest BCUT2D eigenvalue weighted by atomic mass is 9.86. The van der Waals surface area contributed by atoms with E-state index in [1.54, 1.807) is 49.3 Å². The number of para-hydroxylation sites is 1. The molecule has 4 rings (SSSR count). The molecule has 1 aromatic heterocycles. The molecule has 0 spiro atoms. The highest BCUT2D eigenvalue weighted by molar-refractivity contribution is 5.94. The number of methoxy groups -OCH3 is 1. The molecule has 0 bridgehead atoms. The van der Waals surface area contributed by atoms with E-state index in [0.717, 1.165) is 11.1 Å². The number of halogens is 1. The second-order valence-corrected chi connectivity index (χ2v) is 6.64. The lowest BCUT2D eigenvalue weighted by Crippen LogP contribution is -2.24. The smallest absolute Gasteiger partial charge is 0.226 e. The number of ether oxygens (including phenoxy) is 2. The van der Waals surface area contributed by atoms with Crippen molar-refractivity contribution in [2.24, 2.45) is 7.05 Å². The zero-order valence-corrected chi connectivity index (χ0v) is 15.6. The predicted molar refractivity (Wildman–Crippen MR) is 102 cm³/mol. The Morgan fingerprint density at radius 2 is 2.04 bits per heavy atom. The number of aromatic nitrogens is 2. The van der Waals surface area contributed by atoms with Crippen molar-refractivity contribution in [3.8, 4) is 11.5 Å². The first-order chi connectivity index (χ1) is 13.6. The Kier molecular flexibility index (Phi) is 4.73. The van der Waals surface area contributed by atoms with Crippen LogP contribution in [0.1, 0.15) is 29.0 Å². The number of benzene rings is 2. The van der Waals surface area contributed by atoms with E-state index in [2.05, 4.69) is 10.4 Å². The van der Waals surface area contributed by atoms with Gasteiger partial charge in [0.15, 0.2) is 11.5 Å². The summed E-state index contributed by atoms with van der Waals surface area (Å²) >= 11 is 0. The first kappa shape index (κ1) is 18.0. The minimum Gasteiger partial charge on any atom is -0.493 e. The summed E-state index contributed by atoms with van der Waals surface area (Å²) in [5.74, 6) is 1.05. The van der Waals surface area contributed by atoms with Gasteiger partial charge in [-0.3, -0.25) is 9.48 Å². The number of fused-ring (bicyclic) bond motifs is 1. The fourth-order valence-corrected chi connectivity index (χ4v) is 3.51. The molecule has 1 unspecified atom stereocenters. The highest BCUT2D eigenvalue weighted by atomic mass is 19.1.